The summed E-state index contributed by atoms with van der Waals surface area (Å²) in [5.41, 5.74) is 0.302. The number of carbonyl (C=O) groups is 2. The van der Waals surface area contributed by atoms with Crippen LogP contribution in [-0.4, -0.2) is 23.9 Å². The van der Waals surface area contributed by atoms with Gasteiger partial charge in [0.05, 0.1) is 0 Å². The van der Waals surface area contributed by atoms with E-state index in [0.717, 1.165) is 31.1 Å². The Bertz CT molecular complexity index is 486. The summed E-state index contributed by atoms with van der Waals surface area (Å²) in [6.07, 6.45) is 10.5. The van der Waals surface area contributed by atoms with Gasteiger partial charge in [0.25, 0.3) is 0 Å². The summed E-state index contributed by atoms with van der Waals surface area (Å²) in [4.78, 5) is 25.2. The molecule has 0 radical (unpaired) electrons. The van der Waals surface area contributed by atoms with Crippen LogP contribution in [0.2, 0.25) is 0 Å². The molecule has 2 atom stereocenters. The Balaban J connectivity index is 1.68. The molecule has 26 heavy (non-hydrogen) atoms. The lowest BCUT2D eigenvalue weighted by atomic mass is 9.43. The van der Waals surface area contributed by atoms with E-state index in [0.29, 0.717) is 12.8 Å². The second-order valence-electron chi connectivity index (χ2n) is 10.1. The van der Waals surface area contributed by atoms with E-state index in [4.69, 9.17) is 0 Å². The molecule has 2 N–H and O–H groups in total. The molecule has 4 aliphatic rings. The van der Waals surface area contributed by atoms with E-state index in [9.17, 15) is 9.59 Å². The number of carbonyl (C=O) groups excluding carboxylic acids is 2. The van der Waals surface area contributed by atoms with Crippen LogP contribution in [0.15, 0.2) is 0 Å². The van der Waals surface area contributed by atoms with Crippen molar-refractivity contribution in [1.29, 1.82) is 0 Å². The summed E-state index contributed by atoms with van der Waals surface area (Å²) in [5.74, 6) is 1.90. The SMILES string of the molecule is CC[C@@H](C)NC(=O)CC12CC3CC(C1)CC(CC(=O)N[C@H](C)CC)(C3)C2. The summed E-state index contributed by atoms with van der Waals surface area (Å²) in [6.45, 7) is 8.39. The van der Waals surface area contributed by atoms with Crippen LogP contribution in [0.5, 0.6) is 0 Å². The van der Waals surface area contributed by atoms with E-state index >= 15 is 0 Å². The third-order valence-electron chi connectivity index (χ3n) is 7.41. The van der Waals surface area contributed by atoms with Gasteiger partial charge >= 0.3 is 0 Å². The number of hydrogen-bond donors (Lipinski definition) is 2. The Morgan fingerprint density at radius 3 is 1.58 bits per heavy atom. The number of hydrogen-bond acceptors (Lipinski definition) is 2. The van der Waals surface area contributed by atoms with Crippen LogP contribution in [0, 0.1) is 22.7 Å². The van der Waals surface area contributed by atoms with E-state index < -0.39 is 0 Å². The molecule has 4 bridgehead atoms. The maximum Gasteiger partial charge on any atom is 0.220 e. The lowest BCUT2D eigenvalue weighted by Gasteiger charge is -2.62. The highest BCUT2D eigenvalue weighted by molar-refractivity contribution is 5.78. The fraction of sp³-hybridized carbons (Fsp3) is 0.909. The van der Waals surface area contributed by atoms with E-state index in [1.807, 2.05) is 0 Å². The molecule has 0 heterocycles. The van der Waals surface area contributed by atoms with Gasteiger partial charge in [-0.1, -0.05) is 13.8 Å². The van der Waals surface area contributed by atoms with Crippen molar-refractivity contribution in [3.63, 3.8) is 0 Å². The summed E-state index contributed by atoms with van der Waals surface area (Å²) in [6, 6.07) is 0.512. The third kappa shape index (κ3) is 4.26. The van der Waals surface area contributed by atoms with Crippen molar-refractivity contribution in [2.24, 2.45) is 22.7 Å². The normalized spacial score (nSPS) is 37.2. The van der Waals surface area contributed by atoms with Gasteiger partial charge in [0.2, 0.25) is 11.8 Å². The lowest BCUT2D eigenvalue weighted by Crippen LogP contribution is -2.54. The largest absolute Gasteiger partial charge is 0.354 e. The quantitative estimate of drug-likeness (QED) is 0.680. The molecule has 0 aliphatic heterocycles. The fourth-order valence-corrected chi connectivity index (χ4v) is 6.60. The van der Waals surface area contributed by atoms with Gasteiger partial charge in [0.15, 0.2) is 0 Å². The smallest absolute Gasteiger partial charge is 0.220 e. The van der Waals surface area contributed by atoms with E-state index in [1.54, 1.807) is 0 Å². The highest BCUT2D eigenvalue weighted by Gasteiger charge is 2.58. The number of rotatable bonds is 8. The summed E-state index contributed by atoms with van der Waals surface area (Å²) < 4.78 is 0. The molecule has 4 nitrogen and oxygen atoms in total. The van der Waals surface area contributed by atoms with Gasteiger partial charge in [-0.05, 0) is 87.9 Å². The maximum atomic E-state index is 12.6. The molecule has 4 rings (SSSR count). The van der Waals surface area contributed by atoms with E-state index in [2.05, 4.69) is 38.3 Å². The first kappa shape index (κ1) is 19.7. The summed E-state index contributed by atoms with van der Waals surface area (Å²) >= 11 is 0. The maximum absolute atomic E-state index is 12.6. The monoisotopic (exact) mass is 362 g/mol. The molecule has 0 aromatic rings. The molecule has 0 aromatic carbocycles. The molecule has 0 aromatic heterocycles. The van der Waals surface area contributed by atoms with Gasteiger partial charge in [-0.2, -0.15) is 0 Å². The topological polar surface area (TPSA) is 58.2 Å². The van der Waals surface area contributed by atoms with Crippen molar-refractivity contribution in [3.8, 4) is 0 Å². The molecule has 148 valence electrons. The van der Waals surface area contributed by atoms with Crippen molar-refractivity contribution in [2.45, 2.75) is 104 Å². The fourth-order valence-electron chi connectivity index (χ4n) is 6.60. The van der Waals surface area contributed by atoms with E-state index in [-0.39, 0.29) is 34.7 Å². The molecule has 4 aliphatic carbocycles. The van der Waals surface area contributed by atoms with Crippen LogP contribution in [0.25, 0.3) is 0 Å². The second kappa shape index (κ2) is 7.52. The van der Waals surface area contributed by atoms with Crippen LogP contribution in [0.4, 0.5) is 0 Å². The van der Waals surface area contributed by atoms with Crippen molar-refractivity contribution < 1.29 is 9.59 Å². The zero-order chi connectivity index (χ0) is 18.9. The molecule has 0 spiro atoms. The second-order valence-corrected chi connectivity index (χ2v) is 10.1. The van der Waals surface area contributed by atoms with Gasteiger partial charge in [0, 0.05) is 24.9 Å². The Morgan fingerprint density at radius 1 is 0.846 bits per heavy atom. The summed E-state index contributed by atoms with van der Waals surface area (Å²) in [5, 5.41) is 6.35. The number of nitrogens with one attached hydrogen (secondary N) is 2. The molecule has 2 amide bonds. The van der Waals surface area contributed by atoms with Crippen molar-refractivity contribution in [3.05, 3.63) is 0 Å². The average molecular weight is 363 g/mol. The Hall–Kier alpha value is -1.06. The van der Waals surface area contributed by atoms with Gasteiger partial charge < -0.3 is 10.6 Å². The van der Waals surface area contributed by atoms with Gasteiger partial charge in [-0.25, -0.2) is 0 Å². The zero-order valence-electron chi connectivity index (χ0n) is 17.2. The Morgan fingerprint density at radius 2 is 1.23 bits per heavy atom. The Kier molecular flexibility index (Phi) is 5.69. The first-order valence-electron chi connectivity index (χ1n) is 10.9. The first-order valence-corrected chi connectivity index (χ1v) is 10.9. The van der Waals surface area contributed by atoms with Crippen molar-refractivity contribution in [1.82, 2.24) is 10.6 Å². The Labute approximate surface area is 159 Å². The minimum absolute atomic E-state index is 0.151. The third-order valence-corrected chi connectivity index (χ3v) is 7.41. The minimum atomic E-state index is 0.151. The highest BCUT2D eigenvalue weighted by Crippen LogP contribution is 2.67. The van der Waals surface area contributed by atoms with Gasteiger partial charge in [-0.15, -0.1) is 0 Å². The molecule has 4 heteroatoms. The predicted octanol–water partition coefficient (Wildman–Crippen LogP) is 4.18. The van der Waals surface area contributed by atoms with Crippen molar-refractivity contribution >= 4 is 11.8 Å². The standard InChI is InChI=1S/C22H38N2O2/c1-5-15(3)23-19(25)12-21-8-17-7-18(9-21)11-22(10-17,14-21)13-20(26)24-16(4)6-2/h15-18H,5-14H2,1-4H3,(H,23,25)(H,24,26)/t15-,16-,17?,18?,21?,22?/m1/s1. The molecular formula is C22H38N2O2. The molecule has 4 saturated carbocycles. The molecule has 0 unspecified atom stereocenters. The molecular weight excluding hydrogens is 324 g/mol. The van der Waals surface area contributed by atoms with Gasteiger partial charge in [-0.3, -0.25) is 9.59 Å². The predicted molar refractivity (Wildman–Crippen MR) is 105 cm³/mol. The lowest BCUT2D eigenvalue weighted by molar-refractivity contribution is -0.146. The highest BCUT2D eigenvalue weighted by atomic mass is 16.2. The number of amides is 2. The molecule has 4 fully saturated rings. The van der Waals surface area contributed by atoms with Crippen LogP contribution in [0.3, 0.4) is 0 Å². The van der Waals surface area contributed by atoms with Crippen molar-refractivity contribution in [2.75, 3.05) is 0 Å². The minimum Gasteiger partial charge on any atom is -0.354 e. The van der Waals surface area contributed by atoms with Crippen LogP contribution in [-0.2, 0) is 9.59 Å². The average Bonchev–Trinajstić information content (AvgIpc) is 2.51. The van der Waals surface area contributed by atoms with Crippen LogP contribution >= 0.6 is 0 Å². The summed E-state index contributed by atoms with van der Waals surface area (Å²) in [7, 11) is 0. The van der Waals surface area contributed by atoms with E-state index in [1.165, 1.54) is 32.1 Å². The zero-order valence-corrected chi connectivity index (χ0v) is 17.2. The van der Waals surface area contributed by atoms with Gasteiger partial charge in [0.1, 0.15) is 0 Å². The first-order chi connectivity index (χ1) is 12.3. The van der Waals surface area contributed by atoms with Crippen LogP contribution in [0.1, 0.15) is 91.9 Å². The van der Waals surface area contributed by atoms with Crippen LogP contribution < -0.4 is 10.6 Å². The molecule has 0 saturated heterocycles.